The Bertz CT molecular complexity index is 1100. The molecule has 3 aromatic carbocycles. The predicted molar refractivity (Wildman–Crippen MR) is 116 cm³/mol. The number of carbonyl (C=O) groups excluding carboxylic acids is 1. The largest absolute Gasteiger partial charge is 0.339 e. The summed E-state index contributed by atoms with van der Waals surface area (Å²) >= 11 is 5.93. The summed E-state index contributed by atoms with van der Waals surface area (Å²) in [6.07, 6.45) is 0.464. The SMILES string of the molecule is O=C(c1ccccc1)N(CCc1nc(-c2ccc(Cl)cc2)no1)Cc1ccccc1. The Morgan fingerprint density at radius 3 is 2.27 bits per heavy atom. The molecule has 0 N–H and O–H groups in total. The van der Waals surface area contributed by atoms with E-state index in [2.05, 4.69) is 10.1 Å². The van der Waals surface area contributed by atoms with Gasteiger partial charge in [0.25, 0.3) is 5.91 Å². The lowest BCUT2D eigenvalue weighted by atomic mass is 10.1. The van der Waals surface area contributed by atoms with Crippen molar-refractivity contribution in [2.45, 2.75) is 13.0 Å². The van der Waals surface area contributed by atoms with Gasteiger partial charge >= 0.3 is 0 Å². The molecule has 30 heavy (non-hydrogen) atoms. The van der Waals surface area contributed by atoms with Crippen molar-refractivity contribution in [2.24, 2.45) is 0 Å². The van der Waals surface area contributed by atoms with Crippen LogP contribution < -0.4 is 0 Å². The summed E-state index contributed by atoms with van der Waals surface area (Å²) in [4.78, 5) is 19.3. The molecule has 0 saturated carbocycles. The topological polar surface area (TPSA) is 59.2 Å². The Hall–Kier alpha value is -3.44. The summed E-state index contributed by atoms with van der Waals surface area (Å²) in [6, 6.07) is 26.5. The molecule has 0 bridgehead atoms. The van der Waals surface area contributed by atoms with Gasteiger partial charge in [-0.05, 0) is 42.0 Å². The summed E-state index contributed by atoms with van der Waals surface area (Å²) in [5, 5.41) is 4.70. The Labute approximate surface area is 179 Å². The van der Waals surface area contributed by atoms with E-state index in [0.717, 1.165) is 11.1 Å². The molecule has 0 radical (unpaired) electrons. The van der Waals surface area contributed by atoms with Crippen molar-refractivity contribution in [2.75, 3.05) is 6.54 Å². The van der Waals surface area contributed by atoms with Gasteiger partial charge in [0, 0.05) is 35.7 Å². The van der Waals surface area contributed by atoms with E-state index in [4.69, 9.17) is 16.1 Å². The van der Waals surface area contributed by atoms with Crippen molar-refractivity contribution >= 4 is 17.5 Å². The first kappa shape index (κ1) is 19.9. The van der Waals surface area contributed by atoms with Gasteiger partial charge in [-0.15, -0.1) is 0 Å². The Balaban J connectivity index is 1.49. The number of carbonyl (C=O) groups is 1. The zero-order valence-electron chi connectivity index (χ0n) is 16.2. The quantitative estimate of drug-likeness (QED) is 0.410. The van der Waals surface area contributed by atoms with Gasteiger partial charge in [-0.2, -0.15) is 4.98 Å². The molecule has 6 heteroatoms. The average Bonchev–Trinajstić information content (AvgIpc) is 3.27. The van der Waals surface area contributed by atoms with Crippen molar-refractivity contribution in [3.63, 3.8) is 0 Å². The van der Waals surface area contributed by atoms with E-state index in [1.165, 1.54) is 0 Å². The van der Waals surface area contributed by atoms with Crippen LogP contribution in [0.5, 0.6) is 0 Å². The fraction of sp³-hybridized carbons (Fsp3) is 0.125. The number of aromatic nitrogens is 2. The summed E-state index contributed by atoms with van der Waals surface area (Å²) in [5.41, 5.74) is 2.55. The number of hydrogen-bond acceptors (Lipinski definition) is 4. The fourth-order valence-corrected chi connectivity index (χ4v) is 3.25. The molecular weight excluding hydrogens is 398 g/mol. The van der Waals surface area contributed by atoms with Crippen LogP contribution in [0.3, 0.4) is 0 Å². The standard InChI is InChI=1S/C24H20ClN3O2/c25-21-13-11-19(12-14-21)23-26-22(30-27-23)15-16-28(17-18-7-3-1-4-8-18)24(29)20-9-5-2-6-10-20/h1-14H,15-17H2. The molecule has 0 aliphatic heterocycles. The maximum atomic E-state index is 13.1. The molecule has 0 unspecified atom stereocenters. The third-order valence-electron chi connectivity index (χ3n) is 4.69. The first-order valence-electron chi connectivity index (χ1n) is 9.66. The fourth-order valence-electron chi connectivity index (χ4n) is 3.12. The first-order valence-corrected chi connectivity index (χ1v) is 10.0. The molecule has 0 atom stereocenters. The van der Waals surface area contributed by atoms with Crippen LogP contribution in [0.2, 0.25) is 5.02 Å². The minimum absolute atomic E-state index is 0.0307. The molecule has 0 spiro atoms. The lowest BCUT2D eigenvalue weighted by Crippen LogP contribution is -2.32. The molecule has 0 fully saturated rings. The van der Waals surface area contributed by atoms with E-state index in [9.17, 15) is 4.79 Å². The Morgan fingerprint density at radius 1 is 0.900 bits per heavy atom. The third kappa shape index (κ3) is 4.93. The van der Waals surface area contributed by atoms with E-state index in [1.807, 2.05) is 72.8 Å². The second kappa shape index (κ2) is 9.37. The molecule has 0 aliphatic rings. The van der Waals surface area contributed by atoms with Crippen LogP contribution in [0, 0.1) is 0 Å². The van der Waals surface area contributed by atoms with Crippen molar-refractivity contribution in [1.29, 1.82) is 0 Å². The zero-order valence-corrected chi connectivity index (χ0v) is 17.0. The molecule has 0 saturated heterocycles. The van der Waals surface area contributed by atoms with Crippen molar-refractivity contribution in [3.05, 3.63) is 107 Å². The number of nitrogens with zero attached hydrogens (tertiary/aromatic N) is 3. The highest BCUT2D eigenvalue weighted by Gasteiger charge is 2.18. The van der Waals surface area contributed by atoms with Crippen LogP contribution >= 0.6 is 11.6 Å². The molecule has 1 heterocycles. The lowest BCUT2D eigenvalue weighted by molar-refractivity contribution is 0.0741. The molecule has 4 rings (SSSR count). The van der Waals surface area contributed by atoms with Gasteiger partial charge in [0.1, 0.15) is 0 Å². The van der Waals surface area contributed by atoms with Crippen LogP contribution in [-0.4, -0.2) is 27.5 Å². The van der Waals surface area contributed by atoms with Crippen LogP contribution in [0.1, 0.15) is 21.8 Å². The van der Waals surface area contributed by atoms with Crippen LogP contribution in [-0.2, 0) is 13.0 Å². The zero-order chi connectivity index (χ0) is 20.8. The first-order chi connectivity index (χ1) is 14.7. The average molecular weight is 418 g/mol. The van der Waals surface area contributed by atoms with Crippen LogP contribution in [0.4, 0.5) is 0 Å². The Morgan fingerprint density at radius 2 is 1.57 bits per heavy atom. The molecule has 0 aliphatic carbocycles. The summed E-state index contributed by atoms with van der Waals surface area (Å²) in [5.74, 6) is 0.960. The highest BCUT2D eigenvalue weighted by atomic mass is 35.5. The minimum atomic E-state index is -0.0307. The van der Waals surface area contributed by atoms with E-state index in [-0.39, 0.29) is 5.91 Å². The lowest BCUT2D eigenvalue weighted by Gasteiger charge is -2.22. The smallest absolute Gasteiger partial charge is 0.254 e. The van der Waals surface area contributed by atoms with E-state index < -0.39 is 0 Å². The molecule has 4 aromatic rings. The molecule has 1 aromatic heterocycles. The van der Waals surface area contributed by atoms with Crippen LogP contribution in [0.25, 0.3) is 11.4 Å². The van der Waals surface area contributed by atoms with Crippen molar-refractivity contribution < 1.29 is 9.32 Å². The second-order valence-corrected chi connectivity index (χ2v) is 7.28. The molecule has 5 nitrogen and oxygen atoms in total. The van der Waals surface area contributed by atoms with E-state index in [1.54, 1.807) is 17.0 Å². The van der Waals surface area contributed by atoms with Gasteiger partial charge in [0.2, 0.25) is 11.7 Å². The highest BCUT2D eigenvalue weighted by molar-refractivity contribution is 6.30. The summed E-state index contributed by atoms with van der Waals surface area (Å²) in [7, 11) is 0. The Kier molecular flexibility index (Phi) is 6.20. The number of amides is 1. The van der Waals surface area contributed by atoms with E-state index in [0.29, 0.717) is 41.8 Å². The van der Waals surface area contributed by atoms with Gasteiger partial charge in [0.15, 0.2) is 0 Å². The maximum absolute atomic E-state index is 13.1. The maximum Gasteiger partial charge on any atom is 0.254 e. The number of hydrogen-bond donors (Lipinski definition) is 0. The number of halogens is 1. The normalized spacial score (nSPS) is 10.7. The minimum Gasteiger partial charge on any atom is -0.339 e. The van der Waals surface area contributed by atoms with Gasteiger partial charge in [0.05, 0.1) is 0 Å². The van der Waals surface area contributed by atoms with Gasteiger partial charge in [-0.1, -0.05) is 65.3 Å². The van der Waals surface area contributed by atoms with Gasteiger partial charge in [-0.3, -0.25) is 4.79 Å². The number of rotatable bonds is 7. The van der Waals surface area contributed by atoms with Crippen molar-refractivity contribution in [1.82, 2.24) is 15.0 Å². The molecular formula is C24H20ClN3O2. The monoisotopic (exact) mass is 417 g/mol. The summed E-state index contributed by atoms with van der Waals surface area (Å²) < 4.78 is 5.40. The highest BCUT2D eigenvalue weighted by Crippen LogP contribution is 2.19. The third-order valence-corrected chi connectivity index (χ3v) is 4.94. The van der Waals surface area contributed by atoms with Gasteiger partial charge < -0.3 is 9.42 Å². The molecule has 150 valence electrons. The van der Waals surface area contributed by atoms with E-state index >= 15 is 0 Å². The van der Waals surface area contributed by atoms with Crippen molar-refractivity contribution in [3.8, 4) is 11.4 Å². The predicted octanol–water partition coefficient (Wildman–Crippen LogP) is 5.28. The summed E-state index contributed by atoms with van der Waals surface area (Å²) in [6.45, 7) is 0.970. The molecule has 1 amide bonds. The van der Waals surface area contributed by atoms with Crippen LogP contribution in [0.15, 0.2) is 89.5 Å². The number of benzene rings is 3. The van der Waals surface area contributed by atoms with Gasteiger partial charge in [-0.25, -0.2) is 0 Å². The second-order valence-electron chi connectivity index (χ2n) is 6.85.